The molecule has 1 rings (SSSR count). The molecule has 0 radical (unpaired) electrons. The van der Waals surface area contributed by atoms with Crippen molar-refractivity contribution in [2.45, 2.75) is 13.8 Å². The zero-order chi connectivity index (χ0) is 10.4. The maximum Gasteiger partial charge on any atom is 0.0287 e. The summed E-state index contributed by atoms with van der Waals surface area (Å²) in [5, 5.41) is 0. The number of nitrogens with zero attached hydrogens (tertiary/aromatic N) is 1. The van der Waals surface area contributed by atoms with Crippen LogP contribution in [0.15, 0.2) is 35.3 Å². The van der Waals surface area contributed by atoms with Crippen LogP contribution in [0.5, 0.6) is 0 Å². The Kier molecular flexibility index (Phi) is 4.11. The molecular weight excluding hydrogens is 170 g/mol. The lowest BCUT2D eigenvalue weighted by atomic mass is 10.1. The largest absolute Gasteiger partial charge is 0.296 e. The van der Waals surface area contributed by atoms with Crippen molar-refractivity contribution < 1.29 is 0 Å². The van der Waals surface area contributed by atoms with Gasteiger partial charge in [-0.25, -0.2) is 0 Å². The summed E-state index contributed by atoms with van der Waals surface area (Å²) in [5.74, 6) is 0.585. The van der Waals surface area contributed by atoms with Crippen molar-refractivity contribution in [1.29, 1.82) is 0 Å². The van der Waals surface area contributed by atoms with Gasteiger partial charge in [-0.15, -0.1) is 0 Å². The van der Waals surface area contributed by atoms with Crippen LogP contribution in [0, 0.1) is 5.92 Å². The predicted molar refractivity (Wildman–Crippen MR) is 63.8 cm³/mol. The zero-order valence-electron chi connectivity index (χ0n) is 9.07. The van der Waals surface area contributed by atoms with Crippen molar-refractivity contribution in [3.8, 4) is 0 Å². The molecule has 14 heavy (non-hydrogen) atoms. The fraction of sp³-hybridized carbons (Fsp3) is 0.308. The van der Waals surface area contributed by atoms with Gasteiger partial charge in [0.1, 0.15) is 0 Å². The van der Waals surface area contributed by atoms with Crippen molar-refractivity contribution in [3.63, 3.8) is 0 Å². The maximum atomic E-state index is 4.03. The summed E-state index contributed by atoms with van der Waals surface area (Å²) in [7, 11) is 1.79. The molecule has 1 aromatic rings. The highest BCUT2D eigenvalue weighted by Gasteiger charge is 1.94. The molecule has 1 heteroatoms. The minimum Gasteiger partial charge on any atom is -0.296 e. The van der Waals surface area contributed by atoms with Crippen LogP contribution in [0.4, 0.5) is 0 Å². The molecule has 0 amide bonds. The van der Waals surface area contributed by atoms with Crippen LogP contribution in [0.2, 0.25) is 0 Å². The zero-order valence-corrected chi connectivity index (χ0v) is 9.07. The summed E-state index contributed by atoms with van der Waals surface area (Å²) >= 11 is 0. The number of allylic oxidation sites excluding steroid dienone is 1. The fourth-order valence-corrected chi connectivity index (χ4v) is 1.22. The SMILES string of the molecule is CN=Cc1ccccc1/C=C/C(C)C. The first-order valence-corrected chi connectivity index (χ1v) is 4.93. The molecule has 0 fully saturated rings. The van der Waals surface area contributed by atoms with E-state index in [4.69, 9.17) is 0 Å². The minimum atomic E-state index is 0.585. The molecule has 1 aromatic carbocycles. The van der Waals surface area contributed by atoms with Crippen LogP contribution in [0.3, 0.4) is 0 Å². The van der Waals surface area contributed by atoms with E-state index in [0.29, 0.717) is 5.92 Å². The maximum absolute atomic E-state index is 4.03. The molecule has 0 heterocycles. The van der Waals surface area contributed by atoms with Crippen LogP contribution < -0.4 is 0 Å². The third-order valence-corrected chi connectivity index (χ3v) is 1.92. The molecule has 0 N–H and O–H groups in total. The van der Waals surface area contributed by atoms with Gasteiger partial charge in [0, 0.05) is 13.3 Å². The number of rotatable bonds is 3. The van der Waals surface area contributed by atoms with Crippen LogP contribution in [-0.4, -0.2) is 13.3 Å². The lowest BCUT2D eigenvalue weighted by molar-refractivity contribution is 0.836. The van der Waals surface area contributed by atoms with Crippen molar-refractivity contribution in [2.24, 2.45) is 10.9 Å². The summed E-state index contributed by atoms with van der Waals surface area (Å²) in [6, 6.07) is 8.26. The Hall–Kier alpha value is -1.37. The van der Waals surface area contributed by atoms with Gasteiger partial charge in [-0.1, -0.05) is 50.3 Å². The molecule has 0 bridgehead atoms. The highest BCUT2D eigenvalue weighted by atomic mass is 14.6. The monoisotopic (exact) mass is 187 g/mol. The number of hydrogen-bond donors (Lipinski definition) is 0. The second kappa shape index (κ2) is 5.38. The van der Waals surface area contributed by atoms with Gasteiger partial charge in [0.25, 0.3) is 0 Å². The first-order valence-electron chi connectivity index (χ1n) is 4.93. The Morgan fingerprint density at radius 2 is 1.79 bits per heavy atom. The summed E-state index contributed by atoms with van der Waals surface area (Å²) in [4.78, 5) is 4.03. The van der Waals surface area contributed by atoms with Crippen LogP contribution in [0.1, 0.15) is 25.0 Å². The molecule has 0 saturated heterocycles. The Morgan fingerprint density at radius 3 is 2.36 bits per heavy atom. The standard InChI is InChI=1S/C13H17N/c1-11(2)8-9-12-6-4-5-7-13(12)10-14-3/h4-11H,1-3H3/b9-8+,14-10?. The second-order valence-electron chi connectivity index (χ2n) is 3.62. The van der Waals surface area contributed by atoms with Gasteiger partial charge in [0.15, 0.2) is 0 Å². The van der Waals surface area contributed by atoms with Crippen LogP contribution in [-0.2, 0) is 0 Å². The fourth-order valence-electron chi connectivity index (χ4n) is 1.22. The Bertz CT molecular complexity index is 335. The van der Waals surface area contributed by atoms with Gasteiger partial charge >= 0.3 is 0 Å². The molecule has 0 aliphatic rings. The van der Waals surface area contributed by atoms with Crippen molar-refractivity contribution in [3.05, 3.63) is 41.5 Å². The van der Waals surface area contributed by atoms with E-state index in [0.717, 1.165) is 0 Å². The van der Waals surface area contributed by atoms with E-state index in [-0.39, 0.29) is 0 Å². The molecule has 0 unspecified atom stereocenters. The van der Waals surface area contributed by atoms with Crippen molar-refractivity contribution in [1.82, 2.24) is 0 Å². The van der Waals surface area contributed by atoms with E-state index in [1.807, 2.05) is 18.3 Å². The molecular formula is C13H17N. The first kappa shape index (κ1) is 10.7. The van der Waals surface area contributed by atoms with E-state index in [1.54, 1.807) is 7.05 Å². The van der Waals surface area contributed by atoms with Gasteiger partial charge in [-0.05, 0) is 17.0 Å². The number of benzene rings is 1. The molecule has 74 valence electrons. The van der Waals surface area contributed by atoms with Crippen LogP contribution in [0.25, 0.3) is 6.08 Å². The third-order valence-electron chi connectivity index (χ3n) is 1.92. The van der Waals surface area contributed by atoms with Gasteiger partial charge in [-0.3, -0.25) is 4.99 Å². The average Bonchev–Trinajstić information content (AvgIpc) is 2.17. The Balaban J connectivity index is 2.95. The molecule has 0 aliphatic heterocycles. The first-order chi connectivity index (χ1) is 6.74. The lowest BCUT2D eigenvalue weighted by Gasteiger charge is -2.00. The van der Waals surface area contributed by atoms with Crippen molar-refractivity contribution in [2.75, 3.05) is 7.05 Å². The molecule has 0 spiro atoms. The summed E-state index contributed by atoms with van der Waals surface area (Å²) in [6.45, 7) is 4.35. The molecule has 0 atom stereocenters. The van der Waals surface area contributed by atoms with E-state index in [1.165, 1.54) is 11.1 Å². The van der Waals surface area contributed by atoms with E-state index >= 15 is 0 Å². The van der Waals surface area contributed by atoms with Crippen molar-refractivity contribution >= 4 is 12.3 Å². The smallest absolute Gasteiger partial charge is 0.0287 e. The quantitative estimate of drug-likeness (QED) is 0.643. The topological polar surface area (TPSA) is 12.4 Å². The minimum absolute atomic E-state index is 0.585. The van der Waals surface area contributed by atoms with E-state index in [9.17, 15) is 0 Å². The van der Waals surface area contributed by atoms with E-state index in [2.05, 4.69) is 43.1 Å². The van der Waals surface area contributed by atoms with Crippen LogP contribution >= 0.6 is 0 Å². The predicted octanol–water partition coefficient (Wildman–Crippen LogP) is 3.40. The summed E-state index contributed by atoms with van der Waals surface area (Å²) < 4.78 is 0. The van der Waals surface area contributed by atoms with E-state index < -0.39 is 0 Å². The second-order valence-corrected chi connectivity index (χ2v) is 3.62. The Morgan fingerprint density at radius 1 is 1.14 bits per heavy atom. The molecule has 1 nitrogen and oxygen atoms in total. The number of aliphatic imine (C=N–C) groups is 1. The molecule has 0 aromatic heterocycles. The normalized spacial score (nSPS) is 12.0. The number of hydrogen-bond acceptors (Lipinski definition) is 1. The average molecular weight is 187 g/mol. The highest BCUT2D eigenvalue weighted by Crippen LogP contribution is 2.10. The third kappa shape index (κ3) is 3.17. The summed E-state index contributed by atoms with van der Waals surface area (Å²) in [6.07, 6.45) is 6.24. The lowest BCUT2D eigenvalue weighted by Crippen LogP contribution is -1.86. The van der Waals surface area contributed by atoms with Gasteiger partial charge in [0.05, 0.1) is 0 Å². The van der Waals surface area contributed by atoms with Gasteiger partial charge in [-0.2, -0.15) is 0 Å². The molecule has 0 saturated carbocycles. The molecule has 0 aliphatic carbocycles. The Labute approximate surface area is 86.2 Å². The highest BCUT2D eigenvalue weighted by molar-refractivity contribution is 5.85. The summed E-state index contributed by atoms with van der Waals surface area (Å²) in [5.41, 5.74) is 2.40. The van der Waals surface area contributed by atoms with Gasteiger partial charge in [0.2, 0.25) is 0 Å². The van der Waals surface area contributed by atoms with Gasteiger partial charge < -0.3 is 0 Å².